The van der Waals surface area contributed by atoms with Crippen molar-refractivity contribution >= 4 is 27.5 Å². The zero-order chi connectivity index (χ0) is 17.9. The number of rotatable bonds is 5. The molecule has 0 atom stereocenters. The summed E-state index contributed by atoms with van der Waals surface area (Å²) in [6.45, 7) is 0.803. The third-order valence-electron chi connectivity index (χ3n) is 4.50. The molecule has 0 spiro atoms. The second-order valence-electron chi connectivity index (χ2n) is 6.14. The van der Waals surface area contributed by atoms with Crippen LogP contribution in [0.25, 0.3) is 21.8 Å². The van der Waals surface area contributed by atoms with E-state index in [9.17, 15) is 4.79 Å². The van der Waals surface area contributed by atoms with Crippen molar-refractivity contribution in [3.63, 3.8) is 0 Å². The first-order chi connectivity index (χ1) is 12.7. The van der Waals surface area contributed by atoms with Crippen molar-refractivity contribution in [3.05, 3.63) is 76.7 Å². The fourth-order valence-corrected chi connectivity index (χ4v) is 3.12. The molecule has 4 rings (SSSR count). The summed E-state index contributed by atoms with van der Waals surface area (Å²) in [4.78, 5) is 19.3. The van der Waals surface area contributed by atoms with Crippen LogP contribution in [-0.4, -0.2) is 23.6 Å². The normalized spacial score (nSPS) is 11.0. The van der Waals surface area contributed by atoms with Gasteiger partial charge in [-0.25, -0.2) is 4.98 Å². The van der Waals surface area contributed by atoms with E-state index in [2.05, 4.69) is 27.4 Å². The maximum absolute atomic E-state index is 12.2. The van der Waals surface area contributed by atoms with Crippen LogP contribution in [0.3, 0.4) is 0 Å². The van der Waals surface area contributed by atoms with Gasteiger partial charge >= 0.3 is 0 Å². The molecule has 2 N–H and O–H groups in total. The minimum Gasteiger partial charge on any atom is -0.497 e. The molecular formula is C21H19N3O2. The SMILES string of the molecule is COc1ccc(CCNc2ccc3c(=O)[nH]c4ncccc4c3c2)cc1. The van der Waals surface area contributed by atoms with E-state index in [1.807, 2.05) is 42.5 Å². The van der Waals surface area contributed by atoms with Crippen molar-refractivity contribution in [2.24, 2.45) is 0 Å². The van der Waals surface area contributed by atoms with Crippen molar-refractivity contribution in [2.75, 3.05) is 19.0 Å². The minimum atomic E-state index is -0.115. The van der Waals surface area contributed by atoms with E-state index in [0.717, 1.165) is 35.2 Å². The second kappa shape index (κ2) is 6.88. The monoisotopic (exact) mass is 345 g/mol. The molecule has 0 amide bonds. The number of anilines is 1. The molecule has 2 heterocycles. The van der Waals surface area contributed by atoms with Crippen molar-refractivity contribution in [1.29, 1.82) is 0 Å². The zero-order valence-electron chi connectivity index (χ0n) is 14.5. The Hall–Kier alpha value is -3.34. The second-order valence-corrected chi connectivity index (χ2v) is 6.14. The highest BCUT2D eigenvalue weighted by Gasteiger charge is 2.06. The lowest BCUT2D eigenvalue weighted by Crippen LogP contribution is -2.08. The molecule has 0 unspecified atom stereocenters. The Bertz CT molecular complexity index is 1120. The first-order valence-electron chi connectivity index (χ1n) is 8.52. The summed E-state index contributed by atoms with van der Waals surface area (Å²) in [6, 6.07) is 17.7. The Morgan fingerprint density at radius 1 is 1.04 bits per heavy atom. The first kappa shape index (κ1) is 16.1. The maximum Gasteiger partial charge on any atom is 0.257 e. The smallest absolute Gasteiger partial charge is 0.257 e. The molecule has 0 radical (unpaired) electrons. The van der Waals surface area contributed by atoms with Gasteiger partial charge in [0.2, 0.25) is 0 Å². The van der Waals surface area contributed by atoms with E-state index in [0.29, 0.717) is 11.0 Å². The van der Waals surface area contributed by atoms with Gasteiger partial charge in [-0.1, -0.05) is 12.1 Å². The third kappa shape index (κ3) is 3.11. The van der Waals surface area contributed by atoms with Gasteiger partial charge in [-0.15, -0.1) is 0 Å². The number of ether oxygens (including phenoxy) is 1. The van der Waals surface area contributed by atoms with Gasteiger partial charge in [0, 0.05) is 34.6 Å². The lowest BCUT2D eigenvalue weighted by atomic mass is 10.1. The molecule has 2 aromatic carbocycles. The van der Waals surface area contributed by atoms with Crippen LogP contribution in [0, 0.1) is 0 Å². The van der Waals surface area contributed by atoms with Crippen LogP contribution in [0.4, 0.5) is 5.69 Å². The highest BCUT2D eigenvalue weighted by atomic mass is 16.5. The zero-order valence-corrected chi connectivity index (χ0v) is 14.5. The van der Waals surface area contributed by atoms with Crippen molar-refractivity contribution in [3.8, 4) is 5.75 Å². The first-order valence-corrected chi connectivity index (χ1v) is 8.52. The quantitative estimate of drug-likeness (QED) is 0.541. The molecule has 130 valence electrons. The molecule has 0 bridgehead atoms. The summed E-state index contributed by atoms with van der Waals surface area (Å²) in [5.74, 6) is 0.863. The predicted molar refractivity (Wildman–Crippen MR) is 105 cm³/mol. The summed E-state index contributed by atoms with van der Waals surface area (Å²) in [7, 11) is 1.67. The molecule has 0 saturated carbocycles. The molecule has 5 nitrogen and oxygen atoms in total. The lowest BCUT2D eigenvalue weighted by molar-refractivity contribution is 0.414. The highest BCUT2D eigenvalue weighted by molar-refractivity contribution is 6.05. The predicted octanol–water partition coefficient (Wildman–Crippen LogP) is 3.74. The number of aromatic nitrogens is 2. The molecule has 4 aromatic rings. The van der Waals surface area contributed by atoms with E-state index in [4.69, 9.17) is 4.74 Å². The van der Waals surface area contributed by atoms with Crippen LogP contribution in [0.1, 0.15) is 5.56 Å². The van der Waals surface area contributed by atoms with E-state index < -0.39 is 0 Å². The van der Waals surface area contributed by atoms with Crippen LogP contribution in [0.2, 0.25) is 0 Å². The lowest BCUT2D eigenvalue weighted by Gasteiger charge is -2.09. The maximum atomic E-state index is 12.2. The number of fused-ring (bicyclic) bond motifs is 3. The van der Waals surface area contributed by atoms with Gasteiger partial charge < -0.3 is 15.0 Å². The van der Waals surface area contributed by atoms with Crippen molar-refractivity contribution < 1.29 is 4.74 Å². The molecule has 5 heteroatoms. The Labute approximate surface area is 150 Å². The van der Waals surface area contributed by atoms with E-state index in [1.165, 1.54) is 5.56 Å². The summed E-state index contributed by atoms with van der Waals surface area (Å²) in [5, 5.41) is 5.96. The summed E-state index contributed by atoms with van der Waals surface area (Å²) in [5.41, 5.74) is 2.73. The number of nitrogens with one attached hydrogen (secondary N) is 2. The molecule has 0 aliphatic heterocycles. The molecule has 2 aromatic heterocycles. The summed E-state index contributed by atoms with van der Waals surface area (Å²) in [6.07, 6.45) is 2.58. The number of hydrogen-bond donors (Lipinski definition) is 2. The molecule has 0 fully saturated rings. The molecular weight excluding hydrogens is 326 g/mol. The highest BCUT2D eigenvalue weighted by Crippen LogP contribution is 2.23. The molecule has 0 aliphatic carbocycles. The fraction of sp³-hybridized carbons (Fsp3) is 0.143. The number of nitrogens with zero attached hydrogens (tertiary/aromatic N) is 1. The third-order valence-corrected chi connectivity index (χ3v) is 4.50. The van der Waals surface area contributed by atoms with Crippen LogP contribution >= 0.6 is 0 Å². The van der Waals surface area contributed by atoms with Gasteiger partial charge in [0.15, 0.2) is 0 Å². The number of methoxy groups -OCH3 is 1. The average Bonchev–Trinajstić information content (AvgIpc) is 2.68. The fourth-order valence-electron chi connectivity index (χ4n) is 3.12. The number of H-pyrrole nitrogens is 1. The Kier molecular flexibility index (Phi) is 4.27. The largest absolute Gasteiger partial charge is 0.497 e. The number of benzene rings is 2. The van der Waals surface area contributed by atoms with E-state index in [1.54, 1.807) is 13.3 Å². The standard InChI is InChI=1S/C21H19N3O2/c1-26-16-7-4-14(5-8-16)10-12-22-15-6-9-18-19(13-15)17-3-2-11-23-20(17)24-21(18)25/h2-9,11,13,22H,10,12H2,1H3,(H,23,24,25). The summed E-state index contributed by atoms with van der Waals surface area (Å²) >= 11 is 0. The van der Waals surface area contributed by atoms with Crippen molar-refractivity contribution in [1.82, 2.24) is 9.97 Å². The molecule has 26 heavy (non-hydrogen) atoms. The topological polar surface area (TPSA) is 67.0 Å². The average molecular weight is 345 g/mol. The van der Waals surface area contributed by atoms with Crippen LogP contribution < -0.4 is 15.6 Å². The van der Waals surface area contributed by atoms with Gasteiger partial charge in [0.1, 0.15) is 11.4 Å². The van der Waals surface area contributed by atoms with Gasteiger partial charge in [-0.2, -0.15) is 0 Å². The summed E-state index contributed by atoms with van der Waals surface area (Å²) < 4.78 is 5.18. The molecule has 0 saturated heterocycles. The van der Waals surface area contributed by atoms with Crippen LogP contribution in [-0.2, 0) is 6.42 Å². The molecule has 0 aliphatic rings. The Morgan fingerprint density at radius 3 is 2.69 bits per heavy atom. The van der Waals surface area contributed by atoms with E-state index in [-0.39, 0.29) is 5.56 Å². The van der Waals surface area contributed by atoms with Gasteiger partial charge in [-0.3, -0.25) is 4.79 Å². The van der Waals surface area contributed by atoms with E-state index >= 15 is 0 Å². The number of pyridine rings is 2. The Morgan fingerprint density at radius 2 is 1.88 bits per heavy atom. The van der Waals surface area contributed by atoms with Crippen LogP contribution in [0.15, 0.2) is 65.6 Å². The van der Waals surface area contributed by atoms with Gasteiger partial charge in [0.05, 0.1) is 7.11 Å². The Balaban J connectivity index is 1.57. The van der Waals surface area contributed by atoms with Gasteiger partial charge in [-0.05, 0) is 54.4 Å². The van der Waals surface area contributed by atoms with Crippen LogP contribution in [0.5, 0.6) is 5.75 Å². The minimum absolute atomic E-state index is 0.115. The number of aromatic amines is 1. The van der Waals surface area contributed by atoms with Crippen molar-refractivity contribution in [2.45, 2.75) is 6.42 Å². The van der Waals surface area contributed by atoms with Gasteiger partial charge in [0.25, 0.3) is 5.56 Å². The number of hydrogen-bond acceptors (Lipinski definition) is 4.